The SMILES string of the molecule is Cc1ccc(N2CC(C(=O)Nc3ccc(C(=O)N4CCCC4)cc3)CC2=O)cc1. The average Bonchev–Trinajstić information content (AvgIpc) is 3.39. The lowest BCUT2D eigenvalue weighted by Gasteiger charge is -2.17. The first-order chi connectivity index (χ1) is 14.0. The first kappa shape index (κ1) is 19.2. The topological polar surface area (TPSA) is 69.7 Å². The highest BCUT2D eigenvalue weighted by atomic mass is 16.2. The molecule has 6 nitrogen and oxygen atoms in total. The van der Waals surface area contributed by atoms with Crippen LogP contribution in [0.15, 0.2) is 48.5 Å². The zero-order valence-electron chi connectivity index (χ0n) is 16.6. The number of anilines is 2. The molecule has 0 aromatic heterocycles. The fourth-order valence-electron chi connectivity index (χ4n) is 3.90. The van der Waals surface area contributed by atoms with Gasteiger partial charge in [-0.3, -0.25) is 14.4 Å². The summed E-state index contributed by atoms with van der Waals surface area (Å²) < 4.78 is 0. The molecule has 29 heavy (non-hydrogen) atoms. The lowest BCUT2D eigenvalue weighted by atomic mass is 10.1. The normalized spacial score (nSPS) is 18.9. The highest BCUT2D eigenvalue weighted by Crippen LogP contribution is 2.26. The highest BCUT2D eigenvalue weighted by molar-refractivity contribution is 6.03. The summed E-state index contributed by atoms with van der Waals surface area (Å²) in [5.41, 5.74) is 3.21. The van der Waals surface area contributed by atoms with Gasteiger partial charge in [0.1, 0.15) is 0 Å². The largest absolute Gasteiger partial charge is 0.339 e. The Kier molecular flexibility index (Phi) is 5.34. The summed E-state index contributed by atoms with van der Waals surface area (Å²) >= 11 is 0. The Bertz CT molecular complexity index is 915. The van der Waals surface area contributed by atoms with Crippen molar-refractivity contribution in [2.45, 2.75) is 26.2 Å². The van der Waals surface area contributed by atoms with E-state index in [1.807, 2.05) is 36.1 Å². The molecule has 2 saturated heterocycles. The van der Waals surface area contributed by atoms with Crippen LogP contribution in [0.1, 0.15) is 35.2 Å². The minimum Gasteiger partial charge on any atom is -0.339 e. The molecule has 150 valence electrons. The van der Waals surface area contributed by atoms with Crippen molar-refractivity contribution in [3.05, 3.63) is 59.7 Å². The van der Waals surface area contributed by atoms with Crippen LogP contribution < -0.4 is 10.2 Å². The van der Waals surface area contributed by atoms with Crippen LogP contribution in [0.5, 0.6) is 0 Å². The fourth-order valence-corrected chi connectivity index (χ4v) is 3.90. The molecule has 0 saturated carbocycles. The van der Waals surface area contributed by atoms with Crippen LogP contribution in [-0.2, 0) is 9.59 Å². The summed E-state index contributed by atoms with van der Waals surface area (Å²) in [6.45, 7) is 3.99. The van der Waals surface area contributed by atoms with Gasteiger partial charge in [-0.15, -0.1) is 0 Å². The van der Waals surface area contributed by atoms with Crippen LogP contribution in [0.4, 0.5) is 11.4 Å². The molecule has 6 heteroatoms. The summed E-state index contributed by atoms with van der Waals surface area (Å²) in [4.78, 5) is 41.0. The Morgan fingerprint density at radius 2 is 1.62 bits per heavy atom. The average molecular weight is 391 g/mol. The number of likely N-dealkylation sites (tertiary alicyclic amines) is 1. The van der Waals surface area contributed by atoms with E-state index in [1.54, 1.807) is 29.2 Å². The van der Waals surface area contributed by atoms with Crippen LogP contribution in [0, 0.1) is 12.8 Å². The second-order valence-electron chi connectivity index (χ2n) is 7.81. The monoisotopic (exact) mass is 391 g/mol. The Hall–Kier alpha value is -3.15. The Labute approximate surface area is 170 Å². The molecule has 2 fully saturated rings. The van der Waals surface area contributed by atoms with Crippen molar-refractivity contribution in [1.82, 2.24) is 4.90 Å². The van der Waals surface area contributed by atoms with Gasteiger partial charge in [-0.2, -0.15) is 0 Å². The number of amides is 3. The van der Waals surface area contributed by atoms with Gasteiger partial charge in [0, 0.05) is 43.0 Å². The molecule has 3 amide bonds. The maximum absolute atomic E-state index is 12.7. The van der Waals surface area contributed by atoms with E-state index in [1.165, 1.54) is 0 Å². The lowest BCUT2D eigenvalue weighted by molar-refractivity contribution is -0.122. The van der Waals surface area contributed by atoms with Gasteiger partial charge in [-0.1, -0.05) is 17.7 Å². The molecule has 1 N–H and O–H groups in total. The third kappa shape index (κ3) is 4.16. The number of hydrogen-bond donors (Lipinski definition) is 1. The molecule has 0 radical (unpaired) electrons. The fraction of sp³-hybridized carbons (Fsp3) is 0.348. The van der Waals surface area contributed by atoms with Crippen molar-refractivity contribution in [3.8, 4) is 0 Å². The number of hydrogen-bond acceptors (Lipinski definition) is 3. The molecule has 0 spiro atoms. The van der Waals surface area contributed by atoms with Crippen LogP contribution in [0.3, 0.4) is 0 Å². The van der Waals surface area contributed by atoms with Gasteiger partial charge in [-0.25, -0.2) is 0 Å². The molecule has 2 aliphatic heterocycles. The first-order valence-corrected chi connectivity index (χ1v) is 10.1. The predicted octanol–water partition coefficient (Wildman–Crippen LogP) is 3.22. The van der Waals surface area contributed by atoms with Gasteiger partial charge in [-0.05, 0) is 56.2 Å². The van der Waals surface area contributed by atoms with E-state index in [-0.39, 0.29) is 24.1 Å². The minimum atomic E-state index is -0.394. The molecular formula is C23H25N3O3. The highest BCUT2D eigenvalue weighted by Gasteiger charge is 2.35. The van der Waals surface area contributed by atoms with Gasteiger partial charge in [0.2, 0.25) is 11.8 Å². The third-order valence-electron chi connectivity index (χ3n) is 5.63. The number of nitrogens with zero attached hydrogens (tertiary/aromatic N) is 2. The molecule has 1 unspecified atom stereocenters. The van der Waals surface area contributed by atoms with E-state index >= 15 is 0 Å². The number of carbonyl (C=O) groups excluding carboxylic acids is 3. The molecule has 2 aromatic carbocycles. The number of benzene rings is 2. The van der Waals surface area contributed by atoms with Crippen LogP contribution >= 0.6 is 0 Å². The van der Waals surface area contributed by atoms with Crippen molar-refractivity contribution >= 4 is 29.1 Å². The third-order valence-corrected chi connectivity index (χ3v) is 5.63. The van der Waals surface area contributed by atoms with Crippen molar-refractivity contribution in [3.63, 3.8) is 0 Å². The van der Waals surface area contributed by atoms with Crippen molar-refractivity contribution in [2.75, 3.05) is 29.9 Å². The molecule has 1 atom stereocenters. The minimum absolute atomic E-state index is 0.0375. The molecule has 2 aliphatic rings. The zero-order chi connectivity index (χ0) is 20.4. The summed E-state index contributed by atoms with van der Waals surface area (Å²) in [5.74, 6) is -0.572. The Balaban J connectivity index is 1.37. The maximum atomic E-state index is 12.7. The van der Waals surface area contributed by atoms with E-state index in [4.69, 9.17) is 0 Å². The number of rotatable bonds is 4. The number of nitrogens with one attached hydrogen (secondary N) is 1. The van der Waals surface area contributed by atoms with Gasteiger partial charge >= 0.3 is 0 Å². The van der Waals surface area contributed by atoms with Gasteiger partial charge < -0.3 is 15.1 Å². The van der Waals surface area contributed by atoms with Crippen LogP contribution in [0.2, 0.25) is 0 Å². The Morgan fingerprint density at radius 1 is 0.966 bits per heavy atom. The summed E-state index contributed by atoms with van der Waals surface area (Å²) in [6, 6.07) is 14.7. The van der Waals surface area contributed by atoms with Crippen molar-refractivity contribution < 1.29 is 14.4 Å². The summed E-state index contributed by atoms with van der Waals surface area (Å²) in [6.07, 6.45) is 2.31. The second-order valence-corrected chi connectivity index (χ2v) is 7.81. The van der Waals surface area contributed by atoms with E-state index in [0.717, 1.165) is 37.2 Å². The molecule has 0 aliphatic carbocycles. The van der Waals surface area contributed by atoms with Gasteiger partial charge in [0.15, 0.2) is 0 Å². The maximum Gasteiger partial charge on any atom is 0.253 e. The lowest BCUT2D eigenvalue weighted by Crippen LogP contribution is -2.28. The second kappa shape index (κ2) is 8.07. The first-order valence-electron chi connectivity index (χ1n) is 10.1. The molecular weight excluding hydrogens is 366 g/mol. The smallest absolute Gasteiger partial charge is 0.253 e. The number of aryl methyl sites for hydroxylation is 1. The predicted molar refractivity (Wildman–Crippen MR) is 112 cm³/mol. The number of carbonyl (C=O) groups is 3. The molecule has 4 rings (SSSR count). The quantitative estimate of drug-likeness (QED) is 0.870. The van der Waals surface area contributed by atoms with Crippen molar-refractivity contribution in [2.24, 2.45) is 5.92 Å². The standard InChI is InChI=1S/C23H25N3O3/c1-16-4-10-20(11-5-16)26-15-18(14-21(26)27)22(28)24-19-8-6-17(7-9-19)23(29)25-12-2-3-13-25/h4-11,18H,2-3,12-15H2,1H3,(H,24,28). The molecule has 2 aromatic rings. The van der Waals surface area contributed by atoms with Crippen LogP contribution in [0.25, 0.3) is 0 Å². The molecule has 0 bridgehead atoms. The van der Waals surface area contributed by atoms with Gasteiger partial charge in [0.25, 0.3) is 5.91 Å². The summed E-state index contributed by atoms with van der Waals surface area (Å²) in [5, 5.41) is 2.88. The van der Waals surface area contributed by atoms with E-state index < -0.39 is 5.92 Å². The van der Waals surface area contributed by atoms with E-state index in [9.17, 15) is 14.4 Å². The Morgan fingerprint density at radius 3 is 2.28 bits per heavy atom. The summed E-state index contributed by atoms with van der Waals surface area (Å²) in [7, 11) is 0. The van der Waals surface area contributed by atoms with Crippen molar-refractivity contribution in [1.29, 1.82) is 0 Å². The van der Waals surface area contributed by atoms with E-state index in [2.05, 4.69) is 5.32 Å². The van der Waals surface area contributed by atoms with Gasteiger partial charge in [0.05, 0.1) is 5.92 Å². The van der Waals surface area contributed by atoms with Crippen LogP contribution in [-0.4, -0.2) is 42.3 Å². The molecule has 2 heterocycles. The van der Waals surface area contributed by atoms with E-state index in [0.29, 0.717) is 17.8 Å². The zero-order valence-corrected chi connectivity index (χ0v) is 16.6.